The Morgan fingerprint density at radius 2 is 1.64 bits per heavy atom. The lowest BCUT2D eigenvalue weighted by atomic mass is 10.1. The van der Waals surface area contributed by atoms with Crippen molar-refractivity contribution in [1.29, 1.82) is 0 Å². The highest BCUT2D eigenvalue weighted by Gasteiger charge is 2.29. The summed E-state index contributed by atoms with van der Waals surface area (Å²) in [6, 6.07) is 18.0. The van der Waals surface area contributed by atoms with Crippen molar-refractivity contribution in [3.63, 3.8) is 0 Å². The highest BCUT2D eigenvalue weighted by atomic mass is 16.5. The molecule has 1 saturated heterocycles. The number of anilines is 2. The second kappa shape index (κ2) is 15.8. The van der Waals surface area contributed by atoms with Crippen LogP contribution in [0.25, 0.3) is 17.0 Å². The number of hydrogen-bond acceptors (Lipinski definition) is 8. The number of nitrogens with one attached hydrogen (secondary N) is 2. The number of Topliss-reactive ketones (excluding diaryl/α,β-unsaturated/α-hetero) is 1. The second-order valence-electron chi connectivity index (χ2n) is 13.3. The molecule has 0 unspecified atom stereocenters. The molecule has 50 heavy (non-hydrogen) atoms. The van der Waals surface area contributed by atoms with E-state index in [1.165, 1.54) is 0 Å². The van der Waals surface area contributed by atoms with E-state index in [9.17, 15) is 9.59 Å². The SMILES string of the molecule is COc1ccc2c(c1)c(/C=C1\Oc3ccc(NC(=O)Nc4ccc(OCCCCN(C)C)cc4)cc3C1=O)c(C)n2CCN1CCN(C)CC1. The Hall–Kier alpha value is -4.84. The zero-order valence-electron chi connectivity index (χ0n) is 29.8. The van der Waals surface area contributed by atoms with Gasteiger partial charge in [0.1, 0.15) is 17.2 Å². The maximum absolute atomic E-state index is 13.7. The number of fused-ring (bicyclic) bond motifs is 2. The first-order valence-corrected chi connectivity index (χ1v) is 17.3. The van der Waals surface area contributed by atoms with Crippen molar-refractivity contribution in [3.05, 3.63) is 83.2 Å². The van der Waals surface area contributed by atoms with Crippen LogP contribution in [0.15, 0.2) is 66.4 Å². The lowest BCUT2D eigenvalue weighted by Gasteiger charge is -2.32. The summed E-state index contributed by atoms with van der Waals surface area (Å²) in [5.41, 5.74) is 4.58. The number of amides is 2. The van der Waals surface area contributed by atoms with Crippen molar-refractivity contribution in [2.75, 3.05) is 84.8 Å². The number of ether oxygens (including phenoxy) is 3. The first kappa shape index (κ1) is 35.0. The number of carbonyl (C=O) groups is 2. The molecule has 4 aromatic rings. The first-order valence-electron chi connectivity index (χ1n) is 17.3. The van der Waals surface area contributed by atoms with Gasteiger partial charge in [0.2, 0.25) is 5.78 Å². The van der Waals surface area contributed by atoms with Crippen LogP contribution in [0, 0.1) is 6.92 Å². The zero-order valence-corrected chi connectivity index (χ0v) is 29.8. The molecule has 1 aromatic heterocycles. The fraction of sp³-hybridized carbons (Fsp3) is 0.385. The van der Waals surface area contributed by atoms with Crippen molar-refractivity contribution < 1.29 is 23.8 Å². The van der Waals surface area contributed by atoms with E-state index < -0.39 is 6.03 Å². The third-order valence-electron chi connectivity index (χ3n) is 9.40. The number of unbranched alkanes of at least 4 members (excludes halogenated alkanes) is 1. The van der Waals surface area contributed by atoms with Gasteiger partial charge in [-0.25, -0.2) is 4.79 Å². The van der Waals surface area contributed by atoms with Crippen LogP contribution < -0.4 is 24.8 Å². The number of nitrogens with zero attached hydrogens (tertiary/aromatic N) is 4. The summed E-state index contributed by atoms with van der Waals surface area (Å²) < 4.78 is 19.8. The summed E-state index contributed by atoms with van der Waals surface area (Å²) in [6.45, 7) is 9.80. The van der Waals surface area contributed by atoms with E-state index in [0.29, 0.717) is 29.3 Å². The molecular weight excluding hydrogens is 632 g/mol. The van der Waals surface area contributed by atoms with E-state index in [4.69, 9.17) is 14.2 Å². The first-order chi connectivity index (χ1) is 24.2. The number of ketones is 1. The van der Waals surface area contributed by atoms with E-state index in [-0.39, 0.29) is 11.5 Å². The highest BCUT2D eigenvalue weighted by Crippen LogP contribution is 2.37. The molecule has 11 nitrogen and oxygen atoms in total. The predicted octanol–water partition coefficient (Wildman–Crippen LogP) is 6.19. The van der Waals surface area contributed by atoms with Gasteiger partial charge in [-0.05, 0) is 114 Å². The molecule has 2 N–H and O–H groups in total. The van der Waals surface area contributed by atoms with Crippen LogP contribution in [-0.2, 0) is 6.54 Å². The number of piperazine rings is 1. The monoisotopic (exact) mass is 680 g/mol. The Morgan fingerprint density at radius 1 is 0.920 bits per heavy atom. The van der Waals surface area contributed by atoms with Gasteiger partial charge in [-0.2, -0.15) is 0 Å². The Morgan fingerprint density at radius 3 is 2.38 bits per heavy atom. The Balaban J connectivity index is 1.12. The van der Waals surface area contributed by atoms with Crippen molar-refractivity contribution in [1.82, 2.24) is 19.3 Å². The van der Waals surface area contributed by atoms with Crippen molar-refractivity contribution >= 4 is 40.2 Å². The summed E-state index contributed by atoms with van der Waals surface area (Å²) >= 11 is 0. The van der Waals surface area contributed by atoms with Gasteiger partial charge in [0.05, 0.1) is 19.3 Å². The number of methoxy groups -OCH3 is 1. The van der Waals surface area contributed by atoms with Gasteiger partial charge in [0.15, 0.2) is 5.76 Å². The molecule has 3 aromatic carbocycles. The fourth-order valence-electron chi connectivity index (χ4n) is 6.44. The standard InChI is InChI=1S/C39H48N6O5/c1-27-32(33-25-31(48-5)13-14-35(33)45(27)22-21-44-19-17-43(4)18-20-44)26-37-38(46)34-24-29(10-15-36(34)50-37)41-39(47)40-28-8-11-30(12-9-28)49-23-7-6-16-42(2)3/h8-15,24-26H,6-7,16-23H2,1-5H3,(H2,40,41,47)/b37-26-. The number of aromatic nitrogens is 1. The Kier molecular flexibility index (Phi) is 11.1. The van der Waals surface area contributed by atoms with Crippen molar-refractivity contribution in [2.45, 2.75) is 26.3 Å². The molecule has 1 fully saturated rings. The average Bonchev–Trinajstić information content (AvgIpc) is 3.56. The Labute approximate surface area is 294 Å². The fourth-order valence-corrected chi connectivity index (χ4v) is 6.44. The van der Waals surface area contributed by atoms with Gasteiger partial charge in [-0.3, -0.25) is 9.69 Å². The van der Waals surface area contributed by atoms with Crippen molar-refractivity contribution in [2.24, 2.45) is 0 Å². The normalized spacial score (nSPS) is 15.8. The van der Waals surface area contributed by atoms with Crippen LogP contribution in [0.1, 0.15) is 34.5 Å². The number of allylic oxidation sites excluding steroid dienone is 1. The summed E-state index contributed by atoms with van der Waals surface area (Å²) in [7, 11) is 7.95. The van der Waals surface area contributed by atoms with Gasteiger partial charge >= 0.3 is 6.03 Å². The number of rotatable bonds is 13. The van der Waals surface area contributed by atoms with Gasteiger partial charge in [0.25, 0.3) is 0 Å². The van der Waals surface area contributed by atoms with Crippen LogP contribution in [-0.4, -0.2) is 105 Å². The van der Waals surface area contributed by atoms with Crippen LogP contribution in [0.5, 0.6) is 17.2 Å². The molecule has 0 radical (unpaired) electrons. The molecular formula is C39H48N6O5. The van der Waals surface area contributed by atoms with E-state index >= 15 is 0 Å². The minimum absolute atomic E-state index is 0.234. The Bertz CT molecular complexity index is 1860. The highest BCUT2D eigenvalue weighted by molar-refractivity contribution is 6.16. The van der Waals surface area contributed by atoms with E-state index in [1.807, 2.05) is 30.3 Å². The second-order valence-corrected chi connectivity index (χ2v) is 13.3. The predicted molar refractivity (Wildman–Crippen MR) is 199 cm³/mol. The molecule has 0 saturated carbocycles. The van der Waals surface area contributed by atoms with Crippen LogP contribution >= 0.6 is 0 Å². The molecule has 6 rings (SSSR count). The van der Waals surface area contributed by atoms with Crippen LogP contribution in [0.4, 0.5) is 16.2 Å². The number of carbonyl (C=O) groups excluding carboxylic acids is 2. The number of hydrogen-bond donors (Lipinski definition) is 2. The third kappa shape index (κ3) is 8.30. The minimum Gasteiger partial charge on any atom is -0.497 e. The summed E-state index contributed by atoms with van der Waals surface area (Å²) in [5, 5.41) is 6.67. The molecule has 0 aliphatic carbocycles. The van der Waals surface area contributed by atoms with E-state index in [0.717, 1.165) is 92.3 Å². The maximum Gasteiger partial charge on any atom is 0.323 e. The van der Waals surface area contributed by atoms with Gasteiger partial charge in [0, 0.05) is 72.8 Å². The van der Waals surface area contributed by atoms with Gasteiger partial charge < -0.3 is 39.2 Å². The smallest absolute Gasteiger partial charge is 0.323 e. The number of likely N-dealkylation sites (N-methyl/N-ethyl adjacent to an activating group) is 1. The van der Waals surface area contributed by atoms with Crippen LogP contribution in [0.3, 0.4) is 0 Å². The molecule has 2 aliphatic rings. The van der Waals surface area contributed by atoms with Crippen molar-refractivity contribution in [3.8, 4) is 17.2 Å². The minimum atomic E-state index is -0.418. The molecule has 2 aliphatic heterocycles. The van der Waals surface area contributed by atoms with E-state index in [1.54, 1.807) is 37.4 Å². The largest absolute Gasteiger partial charge is 0.497 e. The molecule has 11 heteroatoms. The summed E-state index contributed by atoms with van der Waals surface area (Å²) in [6.07, 6.45) is 3.88. The topological polar surface area (TPSA) is 101 Å². The maximum atomic E-state index is 13.7. The molecule has 264 valence electrons. The molecule has 3 heterocycles. The zero-order chi connectivity index (χ0) is 35.2. The lowest BCUT2D eigenvalue weighted by Crippen LogP contribution is -2.45. The molecule has 2 amide bonds. The third-order valence-corrected chi connectivity index (χ3v) is 9.40. The lowest BCUT2D eigenvalue weighted by molar-refractivity contribution is 0.101. The number of urea groups is 1. The summed E-state index contributed by atoms with van der Waals surface area (Å²) in [5.74, 6) is 1.97. The summed E-state index contributed by atoms with van der Waals surface area (Å²) in [4.78, 5) is 33.5. The van der Waals surface area contributed by atoms with Crippen LogP contribution in [0.2, 0.25) is 0 Å². The molecule has 0 spiro atoms. The molecule has 0 bridgehead atoms. The van der Waals surface area contributed by atoms with Gasteiger partial charge in [-0.1, -0.05) is 0 Å². The average molecular weight is 681 g/mol. The number of benzene rings is 3. The van der Waals surface area contributed by atoms with E-state index in [2.05, 4.69) is 64.0 Å². The molecule has 0 atom stereocenters. The quantitative estimate of drug-likeness (QED) is 0.128. The van der Waals surface area contributed by atoms with Gasteiger partial charge in [-0.15, -0.1) is 0 Å².